The van der Waals surface area contributed by atoms with Gasteiger partial charge in [-0.2, -0.15) is 0 Å². The molecule has 0 saturated heterocycles. The first-order valence-electron chi connectivity index (χ1n) is 4.95. The van der Waals surface area contributed by atoms with E-state index in [9.17, 15) is 4.79 Å². The van der Waals surface area contributed by atoms with Gasteiger partial charge in [0.15, 0.2) is 0 Å². The number of rotatable bonds is 3. The second kappa shape index (κ2) is 4.72. The van der Waals surface area contributed by atoms with E-state index in [1.54, 1.807) is 13.1 Å². The molecule has 1 aromatic rings. The van der Waals surface area contributed by atoms with Crippen LogP contribution in [0, 0.1) is 12.8 Å². The van der Waals surface area contributed by atoms with Gasteiger partial charge < -0.3 is 5.73 Å². The maximum Gasteiger partial charge on any atom is 0.278 e. The van der Waals surface area contributed by atoms with Crippen LogP contribution in [0.4, 0.5) is 11.6 Å². The van der Waals surface area contributed by atoms with Crippen LogP contribution in [0.2, 0.25) is 0 Å². The highest BCUT2D eigenvalue weighted by atomic mass is 16.1. The van der Waals surface area contributed by atoms with Gasteiger partial charge in [-0.15, -0.1) is 0 Å². The second-order valence-electron chi connectivity index (χ2n) is 3.55. The van der Waals surface area contributed by atoms with Crippen LogP contribution in [0.25, 0.3) is 0 Å². The third kappa shape index (κ3) is 2.90. The Morgan fingerprint density at radius 3 is 2.87 bits per heavy atom. The van der Waals surface area contributed by atoms with Gasteiger partial charge >= 0.3 is 0 Å². The lowest BCUT2D eigenvalue weighted by molar-refractivity contribution is 0.754. The maximum absolute atomic E-state index is 11.5. The molecule has 1 heterocycles. The lowest BCUT2D eigenvalue weighted by atomic mass is 10.1. The van der Waals surface area contributed by atoms with Crippen LogP contribution < -0.4 is 11.3 Å². The van der Waals surface area contributed by atoms with Crippen molar-refractivity contribution >= 4 is 17.9 Å². The van der Waals surface area contributed by atoms with Crippen LogP contribution in [-0.4, -0.2) is 16.2 Å². The summed E-state index contributed by atoms with van der Waals surface area (Å²) in [7, 11) is 0. The third-order valence-corrected chi connectivity index (χ3v) is 2.19. The zero-order valence-electron chi connectivity index (χ0n) is 9.24. The van der Waals surface area contributed by atoms with Gasteiger partial charge in [0.1, 0.15) is 5.69 Å². The van der Waals surface area contributed by atoms with E-state index in [0.29, 0.717) is 17.3 Å². The highest BCUT2D eigenvalue weighted by molar-refractivity contribution is 5.65. The van der Waals surface area contributed by atoms with Gasteiger partial charge in [0.25, 0.3) is 5.56 Å². The summed E-state index contributed by atoms with van der Waals surface area (Å²) in [5, 5.41) is 0. The van der Waals surface area contributed by atoms with E-state index in [-0.39, 0.29) is 11.5 Å². The average Bonchev–Trinajstić information content (AvgIpc) is 2.15. The van der Waals surface area contributed by atoms with Gasteiger partial charge in [0.2, 0.25) is 5.95 Å². The Bertz CT molecular complexity index is 422. The summed E-state index contributed by atoms with van der Waals surface area (Å²) in [5.74, 6) is 0.473. The standard InChI is InChI=1S/C10H16N4O/c1-4-6(2)5-12-8-7(3)13-10(11)14-9(8)15/h5-6H,4H2,1-3H3,(H3,11,13,14,15)/t6-/m1/s1. The fourth-order valence-electron chi connectivity index (χ4n) is 1.06. The summed E-state index contributed by atoms with van der Waals surface area (Å²) in [6, 6.07) is 0. The molecule has 1 atom stereocenters. The topological polar surface area (TPSA) is 84.1 Å². The lowest BCUT2D eigenvalue weighted by Gasteiger charge is -2.01. The molecule has 1 rings (SSSR count). The molecule has 0 fully saturated rings. The normalized spacial score (nSPS) is 13.3. The first-order valence-corrected chi connectivity index (χ1v) is 4.95. The molecular weight excluding hydrogens is 192 g/mol. The Hall–Kier alpha value is -1.65. The highest BCUT2D eigenvalue weighted by Gasteiger charge is 2.04. The molecule has 0 radical (unpaired) electrons. The molecular formula is C10H16N4O. The van der Waals surface area contributed by atoms with Crippen LogP contribution in [-0.2, 0) is 0 Å². The fraction of sp³-hybridized carbons (Fsp3) is 0.500. The molecule has 5 heteroatoms. The summed E-state index contributed by atoms with van der Waals surface area (Å²) < 4.78 is 0. The summed E-state index contributed by atoms with van der Waals surface area (Å²) in [6.07, 6.45) is 2.75. The van der Waals surface area contributed by atoms with Gasteiger partial charge in [-0.3, -0.25) is 14.8 Å². The Kier molecular flexibility index (Phi) is 3.60. The fourth-order valence-corrected chi connectivity index (χ4v) is 1.06. The SMILES string of the molecule is CC[C@@H](C)C=Nc1c(C)nc(N)[nH]c1=O. The molecule has 82 valence electrons. The molecule has 0 unspecified atom stereocenters. The van der Waals surface area contributed by atoms with Crippen LogP contribution in [0.15, 0.2) is 9.79 Å². The second-order valence-corrected chi connectivity index (χ2v) is 3.55. The van der Waals surface area contributed by atoms with Gasteiger partial charge in [-0.05, 0) is 19.3 Å². The summed E-state index contributed by atoms with van der Waals surface area (Å²) >= 11 is 0. The molecule has 0 bridgehead atoms. The minimum absolute atomic E-state index is 0.125. The number of anilines is 1. The van der Waals surface area contributed by atoms with Crippen LogP contribution in [0.1, 0.15) is 26.0 Å². The Labute approximate surface area is 88.5 Å². The highest BCUT2D eigenvalue weighted by Crippen LogP contribution is 2.10. The minimum atomic E-state index is -0.292. The summed E-state index contributed by atoms with van der Waals surface area (Å²) in [5.41, 5.74) is 5.99. The molecule has 0 saturated carbocycles. The van der Waals surface area contributed by atoms with Crippen molar-refractivity contribution < 1.29 is 0 Å². The van der Waals surface area contributed by atoms with E-state index in [1.807, 2.05) is 6.92 Å². The summed E-state index contributed by atoms with van der Waals surface area (Å²) in [4.78, 5) is 22.0. The van der Waals surface area contributed by atoms with Crippen molar-refractivity contribution in [2.75, 3.05) is 5.73 Å². The third-order valence-electron chi connectivity index (χ3n) is 2.19. The van der Waals surface area contributed by atoms with Crippen molar-refractivity contribution in [2.24, 2.45) is 10.9 Å². The maximum atomic E-state index is 11.5. The molecule has 0 aliphatic heterocycles. The Morgan fingerprint density at radius 1 is 1.67 bits per heavy atom. The van der Waals surface area contributed by atoms with E-state index < -0.39 is 0 Å². The summed E-state index contributed by atoms with van der Waals surface area (Å²) in [6.45, 7) is 5.82. The number of hydrogen-bond donors (Lipinski definition) is 2. The van der Waals surface area contributed by atoms with E-state index in [1.165, 1.54) is 0 Å². The van der Waals surface area contributed by atoms with Crippen molar-refractivity contribution in [3.8, 4) is 0 Å². The monoisotopic (exact) mass is 208 g/mol. The molecule has 15 heavy (non-hydrogen) atoms. The molecule has 1 aromatic heterocycles. The zero-order valence-corrected chi connectivity index (χ0v) is 9.24. The Balaban J connectivity index is 3.05. The molecule has 0 spiro atoms. The molecule has 0 aliphatic rings. The van der Waals surface area contributed by atoms with E-state index in [2.05, 4.69) is 21.9 Å². The predicted octanol–water partition coefficient (Wildman–Crippen LogP) is 1.41. The Morgan fingerprint density at radius 2 is 2.33 bits per heavy atom. The number of nitrogen functional groups attached to an aromatic ring is 1. The van der Waals surface area contributed by atoms with Crippen LogP contribution in [0.3, 0.4) is 0 Å². The van der Waals surface area contributed by atoms with Crippen molar-refractivity contribution in [2.45, 2.75) is 27.2 Å². The first kappa shape index (κ1) is 11.4. The predicted molar refractivity (Wildman–Crippen MR) is 61.6 cm³/mol. The number of H-pyrrole nitrogens is 1. The average molecular weight is 208 g/mol. The zero-order chi connectivity index (χ0) is 11.4. The quantitative estimate of drug-likeness (QED) is 0.736. The number of aromatic nitrogens is 2. The van der Waals surface area contributed by atoms with Gasteiger partial charge in [-0.25, -0.2) is 4.98 Å². The van der Waals surface area contributed by atoms with Gasteiger partial charge in [0.05, 0.1) is 5.69 Å². The molecule has 5 nitrogen and oxygen atoms in total. The number of hydrogen-bond acceptors (Lipinski definition) is 4. The largest absolute Gasteiger partial charge is 0.369 e. The van der Waals surface area contributed by atoms with E-state index in [4.69, 9.17) is 5.73 Å². The first-order chi connectivity index (χ1) is 7.04. The van der Waals surface area contributed by atoms with Crippen LogP contribution in [0.5, 0.6) is 0 Å². The van der Waals surface area contributed by atoms with E-state index >= 15 is 0 Å². The number of aryl methyl sites for hydroxylation is 1. The van der Waals surface area contributed by atoms with Crippen molar-refractivity contribution in [3.63, 3.8) is 0 Å². The van der Waals surface area contributed by atoms with Gasteiger partial charge in [-0.1, -0.05) is 13.8 Å². The molecule has 0 aliphatic carbocycles. The molecule has 0 amide bonds. The molecule has 0 aromatic carbocycles. The number of nitrogens with one attached hydrogen (secondary N) is 1. The number of nitrogens with zero attached hydrogens (tertiary/aromatic N) is 2. The van der Waals surface area contributed by atoms with Crippen molar-refractivity contribution in [3.05, 3.63) is 16.0 Å². The number of nitrogens with two attached hydrogens (primary N) is 1. The number of aromatic amines is 1. The molecule has 3 N–H and O–H groups in total. The van der Waals surface area contributed by atoms with Crippen molar-refractivity contribution in [1.82, 2.24) is 9.97 Å². The lowest BCUT2D eigenvalue weighted by Crippen LogP contribution is -2.12. The minimum Gasteiger partial charge on any atom is -0.369 e. The number of aliphatic imine (C=N–C) groups is 1. The van der Waals surface area contributed by atoms with E-state index in [0.717, 1.165) is 6.42 Å². The van der Waals surface area contributed by atoms with Crippen molar-refractivity contribution in [1.29, 1.82) is 0 Å². The van der Waals surface area contributed by atoms with Crippen LogP contribution >= 0.6 is 0 Å². The van der Waals surface area contributed by atoms with Gasteiger partial charge in [0, 0.05) is 6.21 Å². The smallest absolute Gasteiger partial charge is 0.278 e.